The quantitative estimate of drug-likeness (QED) is 0.600. The van der Waals surface area contributed by atoms with Gasteiger partial charge in [0.15, 0.2) is 0 Å². The van der Waals surface area contributed by atoms with Crippen molar-refractivity contribution in [1.29, 1.82) is 0 Å². The second kappa shape index (κ2) is 6.81. The van der Waals surface area contributed by atoms with Crippen LogP contribution in [0.1, 0.15) is 27.2 Å². The van der Waals surface area contributed by atoms with Gasteiger partial charge in [-0.1, -0.05) is 24.6 Å². The fourth-order valence-electron chi connectivity index (χ4n) is 0.543. The van der Waals surface area contributed by atoms with Crippen LogP contribution < -0.4 is 0 Å². The van der Waals surface area contributed by atoms with Gasteiger partial charge in [-0.2, -0.15) is 0 Å². The molecule has 0 aromatic heterocycles. The largest absolute Gasteiger partial charge is 0.131 e. The molecule has 0 heterocycles. The Hall–Kier alpha value is 0.120. The fraction of sp³-hybridized carbons (Fsp3) is 0.556. The van der Waals surface area contributed by atoms with Gasteiger partial charge in [0, 0.05) is 5.03 Å². The number of hydrogen-bond donors (Lipinski definition) is 0. The van der Waals surface area contributed by atoms with Gasteiger partial charge in [-0.05, 0) is 37.0 Å². The molecule has 2 heteroatoms. The topological polar surface area (TPSA) is 0 Å². The maximum absolute atomic E-state index is 5.66. The molecule has 11 heavy (non-hydrogen) atoms. The Balaban J connectivity index is 3.72. The molecule has 0 aliphatic heterocycles. The molecule has 0 rings (SSSR count). The average Bonchev–Trinajstić information content (AvgIpc) is 1.97. The Morgan fingerprint density at radius 3 is 2.45 bits per heavy atom. The predicted octanol–water partition coefficient (Wildman–Crippen LogP) is 4.18. The van der Waals surface area contributed by atoms with E-state index in [1.165, 1.54) is 17.1 Å². The summed E-state index contributed by atoms with van der Waals surface area (Å²) in [5.74, 6) is 1.19. The van der Waals surface area contributed by atoms with Gasteiger partial charge in [0.2, 0.25) is 0 Å². The molecule has 0 saturated heterocycles. The number of thioether (sulfide) groups is 1. The monoisotopic (exact) mass is 190 g/mol. The summed E-state index contributed by atoms with van der Waals surface area (Å²) in [6.07, 6.45) is 5.21. The van der Waals surface area contributed by atoms with Crippen LogP contribution >= 0.6 is 23.4 Å². The molecule has 0 aliphatic rings. The molecule has 0 saturated carbocycles. The highest BCUT2D eigenvalue weighted by Crippen LogP contribution is 2.15. The molecule has 0 aliphatic carbocycles. The van der Waals surface area contributed by atoms with Crippen molar-refractivity contribution in [3.63, 3.8) is 0 Å². The van der Waals surface area contributed by atoms with Crippen LogP contribution in [0.5, 0.6) is 0 Å². The smallest absolute Gasteiger partial charge is 0.0150 e. The third-order valence-corrected chi connectivity index (χ3v) is 2.41. The van der Waals surface area contributed by atoms with Gasteiger partial charge >= 0.3 is 0 Å². The number of rotatable bonds is 4. The molecular formula is C9H15ClS. The van der Waals surface area contributed by atoms with E-state index in [-0.39, 0.29) is 0 Å². The van der Waals surface area contributed by atoms with Crippen molar-refractivity contribution in [2.45, 2.75) is 27.2 Å². The molecule has 0 aromatic rings. The van der Waals surface area contributed by atoms with Crippen molar-refractivity contribution in [2.24, 2.45) is 0 Å². The van der Waals surface area contributed by atoms with Gasteiger partial charge in [-0.25, -0.2) is 0 Å². The summed E-state index contributed by atoms with van der Waals surface area (Å²) in [4.78, 5) is 1.33. The highest BCUT2D eigenvalue weighted by atomic mass is 35.5. The molecule has 0 N–H and O–H groups in total. The summed E-state index contributed by atoms with van der Waals surface area (Å²) in [6, 6.07) is 0. The highest BCUT2D eigenvalue weighted by molar-refractivity contribution is 8.03. The SMILES string of the molecule is CCCSC(C)=CC=C(C)Cl. The molecule has 0 bridgehead atoms. The van der Waals surface area contributed by atoms with Crippen LogP contribution in [0.2, 0.25) is 0 Å². The maximum atomic E-state index is 5.66. The standard InChI is InChI=1S/C9H15ClS/c1-4-7-11-9(3)6-5-8(2)10/h5-6H,4,7H2,1-3H3. The molecular weight excluding hydrogens is 176 g/mol. The van der Waals surface area contributed by atoms with E-state index in [2.05, 4.69) is 19.9 Å². The van der Waals surface area contributed by atoms with Crippen molar-refractivity contribution >= 4 is 23.4 Å². The summed E-state index contributed by atoms with van der Waals surface area (Å²) in [6.45, 7) is 6.18. The van der Waals surface area contributed by atoms with Crippen LogP contribution in [0.3, 0.4) is 0 Å². The van der Waals surface area contributed by atoms with Gasteiger partial charge in [0.05, 0.1) is 0 Å². The van der Waals surface area contributed by atoms with Gasteiger partial charge in [-0.3, -0.25) is 0 Å². The Kier molecular flexibility index (Phi) is 6.88. The number of hydrogen-bond acceptors (Lipinski definition) is 1. The normalized spacial score (nSPS) is 13.8. The summed E-state index contributed by atoms with van der Waals surface area (Å²) in [5, 5.41) is 0.835. The summed E-state index contributed by atoms with van der Waals surface area (Å²) < 4.78 is 0. The second-order valence-corrected chi connectivity index (χ2v) is 4.32. The van der Waals surface area contributed by atoms with Crippen molar-refractivity contribution in [3.8, 4) is 0 Å². The van der Waals surface area contributed by atoms with Gasteiger partial charge in [0.25, 0.3) is 0 Å². The van der Waals surface area contributed by atoms with Gasteiger partial charge in [-0.15, -0.1) is 11.8 Å². The Bertz CT molecular complexity index is 155. The summed E-state index contributed by atoms with van der Waals surface area (Å²) in [5.41, 5.74) is 0. The lowest BCUT2D eigenvalue weighted by atomic mass is 10.4. The molecule has 0 nitrogen and oxygen atoms in total. The molecule has 0 atom stereocenters. The zero-order chi connectivity index (χ0) is 8.69. The third kappa shape index (κ3) is 8.02. The van der Waals surface area contributed by atoms with E-state index in [1.807, 2.05) is 24.8 Å². The first kappa shape index (κ1) is 11.1. The van der Waals surface area contributed by atoms with Crippen LogP contribution in [0.4, 0.5) is 0 Å². The van der Waals surface area contributed by atoms with Crippen molar-refractivity contribution < 1.29 is 0 Å². The van der Waals surface area contributed by atoms with Crippen LogP contribution in [0.25, 0.3) is 0 Å². The minimum Gasteiger partial charge on any atom is -0.131 e. The fourth-order valence-corrected chi connectivity index (χ4v) is 1.30. The minimum atomic E-state index is 0.835. The lowest BCUT2D eigenvalue weighted by molar-refractivity contribution is 1.11. The highest BCUT2D eigenvalue weighted by Gasteiger charge is 1.86. The van der Waals surface area contributed by atoms with E-state index in [9.17, 15) is 0 Å². The Morgan fingerprint density at radius 1 is 1.36 bits per heavy atom. The predicted molar refractivity (Wildman–Crippen MR) is 56.1 cm³/mol. The molecule has 0 amide bonds. The van der Waals surface area contributed by atoms with Crippen LogP contribution in [0, 0.1) is 0 Å². The van der Waals surface area contributed by atoms with Crippen LogP contribution in [-0.4, -0.2) is 5.75 Å². The Morgan fingerprint density at radius 2 is 2.00 bits per heavy atom. The zero-order valence-corrected chi connectivity index (χ0v) is 8.93. The van der Waals surface area contributed by atoms with E-state index >= 15 is 0 Å². The van der Waals surface area contributed by atoms with Gasteiger partial charge in [0.1, 0.15) is 0 Å². The first-order chi connectivity index (χ1) is 5.16. The van der Waals surface area contributed by atoms with Crippen LogP contribution in [0.15, 0.2) is 22.1 Å². The first-order valence-corrected chi connectivity index (χ1v) is 5.16. The number of halogens is 1. The zero-order valence-electron chi connectivity index (χ0n) is 7.36. The minimum absolute atomic E-state index is 0.835. The second-order valence-electron chi connectivity index (χ2n) is 2.38. The van der Waals surface area contributed by atoms with E-state index in [0.29, 0.717) is 0 Å². The molecule has 0 spiro atoms. The first-order valence-electron chi connectivity index (χ1n) is 3.80. The third-order valence-electron chi connectivity index (χ3n) is 1.08. The van der Waals surface area contributed by atoms with E-state index < -0.39 is 0 Å². The molecule has 0 fully saturated rings. The lowest BCUT2D eigenvalue weighted by Gasteiger charge is -1.95. The Labute approximate surface area is 78.7 Å². The molecule has 64 valence electrons. The summed E-state index contributed by atoms with van der Waals surface area (Å²) >= 11 is 7.54. The molecule has 0 radical (unpaired) electrons. The molecule has 0 unspecified atom stereocenters. The number of allylic oxidation sites excluding steroid dienone is 4. The maximum Gasteiger partial charge on any atom is 0.0150 e. The van der Waals surface area contributed by atoms with Gasteiger partial charge < -0.3 is 0 Å². The summed E-state index contributed by atoms with van der Waals surface area (Å²) in [7, 11) is 0. The molecule has 0 aromatic carbocycles. The van der Waals surface area contributed by atoms with E-state index in [4.69, 9.17) is 11.6 Å². The van der Waals surface area contributed by atoms with Crippen LogP contribution in [-0.2, 0) is 0 Å². The lowest BCUT2D eigenvalue weighted by Crippen LogP contribution is -1.73. The van der Waals surface area contributed by atoms with Crippen molar-refractivity contribution in [3.05, 3.63) is 22.1 Å². The van der Waals surface area contributed by atoms with Crippen molar-refractivity contribution in [2.75, 3.05) is 5.75 Å². The van der Waals surface area contributed by atoms with Crippen molar-refractivity contribution in [1.82, 2.24) is 0 Å². The average molecular weight is 191 g/mol. The van der Waals surface area contributed by atoms with E-state index in [1.54, 1.807) is 0 Å². The van der Waals surface area contributed by atoms with E-state index in [0.717, 1.165) is 5.03 Å².